The van der Waals surface area contributed by atoms with Gasteiger partial charge in [0, 0.05) is 31.7 Å². The quantitative estimate of drug-likeness (QED) is 0.776. The van der Waals surface area contributed by atoms with E-state index in [1.165, 1.54) is 6.07 Å². The van der Waals surface area contributed by atoms with E-state index in [2.05, 4.69) is 12.2 Å². The van der Waals surface area contributed by atoms with Gasteiger partial charge in [-0.3, -0.25) is 0 Å². The molecule has 0 aromatic heterocycles. The molecule has 2 rings (SSSR count). The Labute approximate surface area is 119 Å². The predicted molar refractivity (Wildman–Crippen MR) is 75.8 cm³/mol. The second-order valence-corrected chi connectivity index (χ2v) is 5.76. The van der Waals surface area contributed by atoms with E-state index in [9.17, 15) is 8.78 Å². The van der Waals surface area contributed by atoms with Crippen LogP contribution in [0.15, 0.2) is 18.2 Å². The van der Waals surface area contributed by atoms with Crippen LogP contribution < -0.4 is 5.32 Å². The van der Waals surface area contributed by atoms with Gasteiger partial charge >= 0.3 is 0 Å². The molecule has 4 heteroatoms. The van der Waals surface area contributed by atoms with Crippen molar-refractivity contribution in [2.45, 2.75) is 31.6 Å². The first-order valence-electron chi connectivity index (χ1n) is 7.26. The van der Waals surface area contributed by atoms with Crippen molar-refractivity contribution in [2.24, 2.45) is 5.92 Å². The van der Waals surface area contributed by atoms with Crippen LogP contribution in [0.3, 0.4) is 0 Å². The lowest BCUT2D eigenvalue weighted by molar-refractivity contribution is 0.124. The summed E-state index contributed by atoms with van der Waals surface area (Å²) in [4.78, 5) is 0. The summed E-state index contributed by atoms with van der Waals surface area (Å²) in [6.07, 6.45) is 3.04. The standard InChI is InChI=1S/C16H23F2NO/c1-3-12-9-16(10-12,11-19-6-7-20-2)14-5-4-13(17)8-15(14)18/h4-5,8,12,19H,3,6-7,9-11H2,1-2H3. The van der Waals surface area contributed by atoms with Crippen molar-refractivity contribution in [1.29, 1.82) is 0 Å². The van der Waals surface area contributed by atoms with E-state index < -0.39 is 11.6 Å². The lowest BCUT2D eigenvalue weighted by atomic mass is 9.57. The predicted octanol–water partition coefficient (Wildman–Crippen LogP) is 3.26. The number of halogens is 2. The smallest absolute Gasteiger partial charge is 0.129 e. The summed E-state index contributed by atoms with van der Waals surface area (Å²) >= 11 is 0. The van der Waals surface area contributed by atoms with E-state index in [4.69, 9.17) is 4.74 Å². The Balaban J connectivity index is 2.11. The Kier molecular flexibility index (Phi) is 5.11. The van der Waals surface area contributed by atoms with Crippen LogP contribution >= 0.6 is 0 Å². The lowest BCUT2D eigenvalue weighted by Crippen LogP contribution is -2.49. The second kappa shape index (κ2) is 6.64. The van der Waals surface area contributed by atoms with Crippen LogP contribution in [0.25, 0.3) is 0 Å². The largest absolute Gasteiger partial charge is 0.383 e. The summed E-state index contributed by atoms with van der Waals surface area (Å²) in [6, 6.07) is 3.95. The molecule has 1 aliphatic rings. The number of nitrogens with one attached hydrogen (secondary N) is 1. The first-order valence-corrected chi connectivity index (χ1v) is 7.26. The van der Waals surface area contributed by atoms with Gasteiger partial charge in [0.15, 0.2) is 0 Å². The van der Waals surface area contributed by atoms with E-state index in [0.29, 0.717) is 18.1 Å². The molecule has 0 heterocycles. The zero-order valence-electron chi connectivity index (χ0n) is 12.2. The van der Waals surface area contributed by atoms with Crippen molar-refractivity contribution in [2.75, 3.05) is 26.8 Å². The van der Waals surface area contributed by atoms with Crippen LogP contribution in [-0.2, 0) is 10.2 Å². The van der Waals surface area contributed by atoms with Crippen molar-refractivity contribution in [3.63, 3.8) is 0 Å². The Morgan fingerprint density at radius 3 is 2.70 bits per heavy atom. The number of ether oxygens (including phenoxy) is 1. The van der Waals surface area contributed by atoms with Gasteiger partial charge < -0.3 is 10.1 Å². The van der Waals surface area contributed by atoms with Gasteiger partial charge in [0.1, 0.15) is 11.6 Å². The first-order chi connectivity index (χ1) is 9.61. The van der Waals surface area contributed by atoms with Gasteiger partial charge in [-0.05, 0) is 30.4 Å². The fourth-order valence-corrected chi connectivity index (χ4v) is 3.22. The van der Waals surface area contributed by atoms with Crippen LogP contribution in [0.2, 0.25) is 0 Å². The van der Waals surface area contributed by atoms with Gasteiger partial charge in [-0.15, -0.1) is 0 Å². The number of hydrogen-bond donors (Lipinski definition) is 1. The Morgan fingerprint density at radius 2 is 2.10 bits per heavy atom. The zero-order valence-corrected chi connectivity index (χ0v) is 12.2. The minimum Gasteiger partial charge on any atom is -0.383 e. The second-order valence-electron chi connectivity index (χ2n) is 5.76. The molecule has 0 saturated heterocycles. The molecular formula is C16H23F2NO. The fourth-order valence-electron chi connectivity index (χ4n) is 3.22. The van der Waals surface area contributed by atoms with Gasteiger partial charge in [0.25, 0.3) is 0 Å². The normalized spacial score (nSPS) is 25.5. The highest BCUT2D eigenvalue weighted by atomic mass is 19.1. The summed E-state index contributed by atoms with van der Waals surface area (Å²) < 4.78 is 32.2. The molecule has 1 saturated carbocycles. The van der Waals surface area contributed by atoms with Crippen LogP contribution in [0.4, 0.5) is 8.78 Å². The third kappa shape index (κ3) is 3.18. The molecule has 1 aromatic carbocycles. The maximum Gasteiger partial charge on any atom is 0.129 e. The van der Waals surface area contributed by atoms with Gasteiger partial charge in [-0.2, -0.15) is 0 Å². The number of methoxy groups -OCH3 is 1. The minimum atomic E-state index is -0.514. The maximum absolute atomic E-state index is 14.1. The minimum absolute atomic E-state index is 0.188. The van der Waals surface area contributed by atoms with E-state index in [-0.39, 0.29) is 5.41 Å². The summed E-state index contributed by atoms with van der Waals surface area (Å²) in [5.74, 6) is -0.295. The van der Waals surface area contributed by atoms with Crippen LogP contribution in [0.5, 0.6) is 0 Å². The number of benzene rings is 1. The van der Waals surface area contributed by atoms with Crippen molar-refractivity contribution < 1.29 is 13.5 Å². The molecule has 2 nitrogen and oxygen atoms in total. The highest BCUT2D eigenvalue weighted by Crippen LogP contribution is 2.49. The molecule has 1 N–H and O–H groups in total. The van der Waals surface area contributed by atoms with Gasteiger partial charge in [0.05, 0.1) is 6.61 Å². The highest BCUT2D eigenvalue weighted by molar-refractivity contribution is 5.31. The molecule has 1 fully saturated rings. The maximum atomic E-state index is 14.1. The SMILES string of the molecule is CCC1CC(CNCCOC)(c2ccc(F)cc2F)C1. The Hall–Kier alpha value is -1.00. The average Bonchev–Trinajstić information content (AvgIpc) is 2.38. The number of hydrogen-bond acceptors (Lipinski definition) is 2. The molecule has 0 amide bonds. The third-order valence-electron chi connectivity index (χ3n) is 4.39. The van der Waals surface area contributed by atoms with Crippen LogP contribution in [0, 0.1) is 17.6 Å². The summed E-state index contributed by atoms with van der Waals surface area (Å²) in [7, 11) is 1.66. The average molecular weight is 283 g/mol. The van der Waals surface area contributed by atoms with Crippen LogP contribution in [0.1, 0.15) is 31.7 Å². The van der Waals surface area contributed by atoms with Crippen molar-refractivity contribution in [1.82, 2.24) is 5.32 Å². The summed E-state index contributed by atoms with van der Waals surface area (Å²) in [5.41, 5.74) is 0.458. The van der Waals surface area contributed by atoms with E-state index in [1.807, 2.05) is 0 Å². The lowest BCUT2D eigenvalue weighted by Gasteiger charge is -2.48. The van der Waals surface area contributed by atoms with Crippen molar-refractivity contribution in [3.8, 4) is 0 Å². The Bertz CT molecular complexity index is 444. The molecule has 20 heavy (non-hydrogen) atoms. The zero-order chi connectivity index (χ0) is 14.6. The molecule has 0 unspecified atom stereocenters. The molecule has 112 valence electrons. The highest BCUT2D eigenvalue weighted by Gasteiger charge is 2.45. The molecule has 0 spiro atoms. The molecule has 1 aromatic rings. The molecule has 0 radical (unpaired) electrons. The van der Waals surface area contributed by atoms with Gasteiger partial charge in [-0.25, -0.2) is 8.78 Å². The monoisotopic (exact) mass is 283 g/mol. The summed E-state index contributed by atoms with van der Waals surface area (Å²) in [6.45, 7) is 4.26. The molecule has 1 aliphatic carbocycles. The summed E-state index contributed by atoms with van der Waals surface area (Å²) in [5, 5.41) is 3.33. The topological polar surface area (TPSA) is 21.3 Å². The van der Waals surface area contributed by atoms with E-state index in [1.54, 1.807) is 13.2 Å². The Morgan fingerprint density at radius 1 is 1.35 bits per heavy atom. The fraction of sp³-hybridized carbons (Fsp3) is 0.625. The first kappa shape index (κ1) is 15.4. The van der Waals surface area contributed by atoms with Crippen molar-refractivity contribution in [3.05, 3.63) is 35.4 Å². The van der Waals surface area contributed by atoms with Gasteiger partial charge in [-0.1, -0.05) is 19.4 Å². The molecule has 0 aliphatic heterocycles. The van der Waals surface area contributed by atoms with Gasteiger partial charge in [0.2, 0.25) is 0 Å². The molecular weight excluding hydrogens is 260 g/mol. The van der Waals surface area contributed by atoms with E-state index in [0.717, 1.165) is 38.4 Å². The third-order valence-corrected chi connectivity index (χ3v) is 4.39. The van der Waals surface area contributed by atoms with Crippen molar-refractivity contribution >= 4 is 0 Å². The molecule has 0 atom stereocenters. The number of rotatable bonds is 7. The molecule has 0 bridgehead atoms. The van der Waals surface area contributed by atoms with E-state index >= 15 is 0 Å². The van der Waals surface area contributed by atoms with Crippen LogP contribution in [-0.4, -0.2) is 26.8 Å².